The van der Waals surface area contributed by atoms with E-state index in [4.69, 9.17) is 9.05 Å². The van der Waals surface area contributed by atoms with Crippen molar-refractivity contribution >= 4 is 45.1 Å². The van der Waals surface area contributed by atoms with Crippen molar-refractivity contribution in [2.24, 2.45) is 0 Å². The van der Waals surface area contributed by atoms with Gasteiger partial charge in [-0.05, 0) is 56.3 Å². The van der Waals surface area contributed by atoms with Gasteiger partial charge in [0.25, 0.3) is 0 Å². The van der Waals surface area contributed by atoms with E-state index in [9.17, 15) is 9.67 Å². The lowest BCUT2D eigenvalue weighted by Crippen LogP contribution is -2.15. The van der Waals surface area contributed by atoms with Crippen molar-refractivity contribution < 1.29 is 18.7 Å². The van der Waals surface area contributed by atoms with E-state index in [1.165, 1.54) is 6.07 Å². The standard InChI is InChI=1S/C17H20Br2NO4P/c1-3-23-25(22,24-4-2)17(15-11-13(19)7-10-16(15)21)20-14-8-5-12(18)6-9-14/h5-11,17,20-21H,3-4H2,1-2H3/t17-/m1/s1. The van der Waals surface area contributed by atoms with Crippen LogP contribution in [0.4, 0.5) is 5.69 Å². The number of benzene rings is 2. The zero-order valence-electron chi connectivity index (χ0n) is 13.9. The molecule has 0 heterocycles. The van der Waals surface area contributed by atoms with Gasteiger partial charge in [0.15, 0.2) is 5.78 Å². The molecule has 0 saturated heterocycles. The topological polar surface area (TPSA) is 67.8 Å². The van der Waals surface area contributed by atoms with Gasteiger partial charge in [0, 0.05) is 20.2 Å². The lowest BCUT2D eigenvalue weighted by atomic mass is 10.2. The van der Waals surface area contributed by atoms with Gasteiger partial charge in [-0.2, -0.15) is 0 Å². The molecule has 0 aliphatic carbocycles. The van der Waals surface area contributed by atoms with E-state index in [-0.39, 0.29) is 19.0 Å². The van der Waals surface area contributed by atoms with Crippen molar-refractivity contribution in [2.75, 3.05) is 18.5 Å². The Morgan fingerprint density at radius 1 is 1.04 bits per heavy atom. The van der Waals surface area contributed by atoms with Crippen LogP contribution in [0.5, 0.6) is 5.75 Å². The summed E-state index contributed by atoms with van der Waals surface area (Å²) in [4.78, 5) is 0. The fourth-order valence-corrected chi connectivity index (χ4v) is 4.91. The zero-order chi connectivity index (χ0) is 18.4. The maximum atomic E-state index is 13.4. The molecule has 2 aromatic carbocycles. The molecule has 2 N–H and O–H groups in total. The van der Waals surface area contributed by atoms with Gasteiger partial charge in [0.05, 0.1) is 13.2 Å². The number of rotatable bonds is 8. The van der Waals surface area contributed by atoms with Crippen LogP contribution >= 0.6 is 39.5 Å². The lowest BCUT2D eigenvalue weighted by molar-refractivity contribution is 0.213. The first kappa shape index (κ1) is 20.5. The second-order valence-corrected chi connectivity index (χ2v) is 9.08. The van der Waals surface area contributed by atoms with Crippen LogP contribution in [-0.2, 0) is 13.6 Å². The molecule has 0 amide bonds. The minimum absolute atomic E-state index is 0.0115. The molecular formula is C17H20Br2NO4P. The summed E-state index contributed by atoms with van der Waals surface area (Å²) in [5.74, 6) is -0.844. The summed E-state index contributed by atoms with van der Waals surface area (Å²) >= 11 is 6.78. The number of nitrogens with one attached hydrogen (secondary N) is 1. The van der Waals surface area contributed by atoms with E-state index >= 15 is 0 Å². The Bertz CT molecular complexity index is 745. The van der Waals surface area contributed by atoms with E-state index in [1.54, 1.807) is 26.0 Å². The van der Waals surface area contributed by atoms with Crippen molar-refractivity contribution in [1.82, 2.24) is 0 Å². The van der Waals surface area contributed by atoms with E-state index in [0.29, 0.717) is 5.56 Å². The van der Waals surface area contributed by atoms with Crippen molar-refractivity contribution in [3.63, 3.8) is 0 Å². The van der Waals surface area contributed by atoms with Crippen molar-refractivity contribution in [3.05, 3.63) is 57.0 Å². The summed E-state index contributed by atoms with van der Waals surface area (Å²) in [5.41, 5.74) is 1.16. The first-order valence-electron chi connectivity index (χ1n) is 7.79. The lowest BCUT2D eigenvalue weighted by Gasteiger charge is -2.28. The second kappa shape index (κ2) is 9.19. The molecule has 0 fully saturated rings. The highest BCUT2D eigenvalue weighted by atomic mass is 79.9. The van der Waals surface area contributed by atoms with Crippen LogP contribution in [0.15, 0.2) is 51.4 Å². The maximum Gasteiger partial charge on any atom is 0.357 e. The number of hydrogen-bond donors (Lipinski definition) is 2. The van der Waals surface area contributed by atoms with Crippen LogP contribution in [0.25, 0.3) is 0 Å². The van der Waals surface area contributed by atoms with Crippen LogP contribution in [0.3, 0.4) is 0 Å². The van der Waals surface area contributed by atoms with Crippen LogP contribution < -0.4 is 5.32 Å². The SMILES string of the molecule is CCOP(=O)(OCC)[C@@H](Nc1ccc(Br)cc1)c1cc(Br)ccc1O. The van der Waals surface area contributed by atoms with Crippen molar-refractivity contribution in [2.45, 2.75) is 19.6 Å². The predicted molar refractivity (Wildman–Crippen MR) is 107 cm³/mol. The summed E-state index contributed by atoms with van der Waals surface area (Å²) in [6, 6.07) is 12.4. The molecule has 1 atom stereocenters. The molecule has 0 aliphatic rings. The number of hydrogen-bond acceptors (Lipinski definition) is 5. The first-order chi connectivity index (χ1) is 11.9. The summed E-state index contributed by atoms with van der Waals surface area (Å²) < 4.78 is 26.1. The molecule has 136 valence electrons. The van der Waals surface area contributed by atoms with E-state index < -0.39 is 13.4 Å². The normalized spacial score (nSPS) is 12.8. The molecule has 0 radical (unpaired) electrons. The minimum Gasteiger partial charge on any atom is -0.508 e. The van der Waals surface area contributed by atoms with Gasteiger partial charge < -0.3 is 19.5 Å². The average Bonchev–Trinajstić information content (AvgIpc) is 2.57. The van der Waals surface area contributed by atoms with Crippen LogP contribution in [0, 0.1) is 0 Å². The molecule has 0 bridgehead atoms. The molecule has 5 nitrogen and oxygen atoms in total. The average molecular weight is 493 g/mol. The molecule has 0 unspecified atom stereocenters. The van der Waals surface area contributed by atoms with Crippen LogP contribution in [0.1, 0.15) is 25.2 Å². The number of aromatic hydroxyl groups is 1. The summed E-state index contributed by atoms with van der Waals surface area (Å²) in [6.45, 7) is 3.96. The third-order valence-electron chi connectivity index (χ3n) is 3.37. The van der Waals surface area contributed by atoms with Gasteiger partial charge >= 0.3 is 7.60 Å². The number of halogens is 2. The zero-order valence-corrected chi connectivity index (χ0v) is 18.0. The third-order valence-corrected chi connectivity index (χ3v) is 6.66. The molecule has 0 spiro atoms. The smallest absolute Gasteiger partial charge is 0.357 e. The van der Waals surface area contributed by atoms with Gasteiger partial charge in [-0.25, -0.2) is 0 Å². The Morgan fingerprint density at radius 2 is 1.60 bits per heavy atom. The molecule has 0 aromatic heterocycles. The number of phenols is 1. The minimum atomic E-state index is -3.58. The largest absolute Gasteiger partial charge is 0.508 e. The molecular weight excluding hydrogens is 473 g/mol. The monoisotopic (exact) mass is 491 g/mol. The second-order valence-electron chi connectivity index (χ2n) is 5.13. The van der Waals surface area contributed by atoms with Gasteiger partial charge in [-0.3, -0.25) is 4.57 Å². The highest BCUT2D eigenvalue weighted by Crippen LogP contribution is 2.62. The Balaban J connectivity index is 2.51. The van der Waals surface area contributed by atoms with Gasteiger partial charge in [-0.1, -0.05) is 31.9 Å². The Hall–Kier alpha value is -0.850. The Labute approximate surface area is 164 Å². The highest BCUT2D eigenvalue weighted by molar-refractivity contribution is 9.10. The van der Waals surface area contributed by atoms with Gasteiger partial charge in [-0.15, -0.1) is 0 Å². The summed E-state index contributed by atoms with van der Waals surface area (Å²) in [6.07, 6.45) is 0. The van der Waals surface area contributed by atoms with E-state index in [1.807, 2.05) is 24.3 Å². The molecule has 2 rings (SSSR count). The van der Waals surface area contributed by atoms with Crippen LogP contribution in [-0.4, -0.2) is 18.3 Å². The number of phenolic OH excluding ortho intramolecular Hbond substituents is 1. The molecule has 25 heavy (non-hydrogen) atoms. The fraction of sp³-hybridized carbons (Fsp3) is 0.294. The van der Waals surface area contributed by atoms with Gasteiger partial charge in [0.1, 0.15) is 5.75 Å². The van der Waals surface area contributed by atoms with Crippen molar-refractivity contribution in [3.8, 4) is 5.75 Å². The Morgan fingerprint density at radius 3 is 2.16 bits per heavy atom. The molecule has 2 aromatic rings. The van der Waals surface area contributed by atoms with Gasteiger partial charge in [0.2, 0.25) is 0 Å². The summed E-state index contributed by atoms with van der Waals surface area (Å²) in [7, 11) is -3.58. The predicted octanol–water partition coefficient (Wildman–Crippen LogP) is 6.29. The van der Waals surface area contributed by atoms with Crippen LogP contribution in [0.2, 0.25) is 0 Å². The number of anilines is 1. The molecule has 0 aliphatic heterocycles. The molecule has 8 heteroatoms. The Kier molecular flexibility index (Phi) is 7.52. The molecule has 0 saturated carbocycles. The highest BCUT2D eigenvalue weighted by Gasteiger charge is 2.38. The summed E-state index contributed by atoms with van der Waals surface area (Å²) in [5, 5.41) is 13.5. The fourth-order valence-electron chi connectivity index (χ4n) is 2.32. The first-order valence-corrected chi connectivity index (χ1v) is 11.0. The third kappa shape index (κ3) is 5.31. The van der Waals surface area contributed by atoms with Crippen molar-refractivity contribution in [1.29, 1.82) is 0 Å². The maximum absolute atomic E-state index is 13.4. The van der Waals surface area contributed by atoms with E-state index in [0.717, 1.165) is 14.6 Å². The quantitative estimate of drug-likeness (QED) is 0.423. The van der Waals surface area contributed by atoms with E-state index in [2.05, 4.69) is 37.2 Å².